The molecule has 0 spiro atoms. The first-order chi connectivity index (χ1) is 6.16. The highest BCUT2D eigenvalue weighted by Crippen LogP contribution is 2.26. The van der Waals surface area contributed by atoms with Crippen molar-refractivity contribution in [2.24, 2.45) is 0 Å². The van der Waals surface area contributed by atoms with Crippen LogP contribution in [0.2, 0.25) is 0 Å². The molecule has 4 nitrogen and oxygen atoms in total. The molecule has 0 saturated carbocycles. The average molecular weight is 246 g/mol. The van der Waals surface area contributed by atoms with Gasteiger partial charge in [0.2, 0.25) is 0 Å². The highest BCUT2D eigenvalue weighted by molar-refractivity contribution is 9.10. The van der Waals surface area contributed by atoms with Crippen LogP contribution in [0.15, 0.2) is 22.7 Å². The Bertz CT molecular complexity index is 327. The van der Waals surface area contributed by atoms with E-state index in [0.29, 0.717) is 10.0 Å². The highest BCUT2D eigenvalue weighted by Gasteiger charge is 2.14. The lowest BCUT2D eigenvalue weighted by Gasteiger charge is -2.02. The molecule has 1 aromatic carbocycles. The second-order valence-corrected chi connectivity index (χ2v) is 3.32. The molecule has 0 unspecified atom stereocenters. The monoisotopic (exact) mass is 245 g/mol. The zero-order valence-corrected chi connectivity index (χ0v) is 8.32. The lowest BCUT2D eigenvalue weighted by molar-refractivity contribution is -0.385. The number of aliphatic hydroxyl groups excluding tert-OH is 1. The Morgan fingerprint density at radius 3 is 2.77 bits per heavy atom. The predicted octanol–water partition coefficient (Wildman–Crippen LogP) is 1.89. The van der Waals surface area contributed by atoms with Gasteiger partial charge in [-0.1, -0.05) is 22.0 Å². The van der Waals surface area contributed by atoms with E-state index in [4.69, 9.17) is 5.11 Å². The van der Waals surface area contributed by atoms with E-state index in [1.807, 2.05) is 0 Å². The van der Waals surface area contributed by atoms with Gasteiger partial charge in [-0.05, 0) is 6.07 Å². The normalized spacial score (nSPS) is 10.0. The van der Waals surface area contributed by atoms with Crippen molar-refractivity contribution in [3.8, 4) is 0 Å². The summed E-state index contributed by atoms with van der Waals surface area (Å²) < 4.78 is 0.663. The maximum absolute atomic E-state index is 10.6. The van der Waals surface area contributed by atoms with Crippen molar-refractivity contribution in [2.45, 2.75) is 6.42 Å². The summed E-state index contributed by atoms with van der Waals surface area (Å²) in [5.41, 5.74) is 0.582. The summed E-state index contributed by atoms with van der Waals surface area (Å²) in [6, 6.07) is 4.75. The molecule has 5 heteroatoms. The third-order valence-corrected chi connectivity index (χ3v) is 2.40. The Morgan fingerprint density at radius 2 is 2.23 bits per heavy atom. The number of nitrogens with zero attached hydrogens (tertiary/aromatic N) is 1. The van der Waals surface area contributed by atoms with E-state index in [9.17, 15) is 10.1 Å². The number of hydrogen-bond acceptors (Lipinski definition) is 3. The molecule has 0 radical (unpaired) electrons. The second-order valence-electron chi connectivity index (χ2n) is 2.47. The van der Waals surface area contributed by atoms with Crippen molar-refractivity contribution in [3.63, 3.8) is 0 Å². The SMILES string of the molecule is O=[N+]([O-])c1cccc(Br)c1CCO. The maximum Gasteiger partial charge on any atom is 0.273 e. The van der Waals surface area contributed by atoms with Crippen molar-refractivity contribution >= 4 is 21.6 Å². The van der Waals surface area contributed by atoms with Crippen molar-refractivity contribution in [3.05, 3.63) is 38.3 Å². The lowest BCUT2D eigenvalue weighted by atomic mass is 10.1. The van der Waals surface area contributed by atoms with Crippen molar-refractivity contribution in [1.29, 1.82) is 0 Å². The Labute approximate surface area is 83.5 Å². The molecule has 0 aliphatic heterocycles. The molecule has 1 aromatic rings. The van der Waals surface area contributed by atoms with Crippen LogP contribution >= 0.6 is 15.9 Å². The van der Waals surface area contributed by atoms with Crippen LogP contribution in [-0.4, -0.2) is 16.6 Å². The molecule has 0 bridgehead atoms. The minimum absolute atomic E-state index is 0.0448. The van der Waals surface area contributed by atoms with E-state index in [-0.39, 0.29) is 18.7 Å². The minimum Gasteiger partial charge on any atom is -0.396 e. The minimum atomic E-state index is -0.449. The van der Waals surface area contributed by atoms with Gasteiger partial charge in [-0.25, -0.2) is 0 Å². The third-order valence-electron chi connectivity index (χ3n) is 1.65. The fraction of sp³-hybridized carbons (Fsp3) is 0.250. The topological polar surface area (TPSA) is 63.4 Å². The van der Waals surface area contributed by atoms with Crippen LogP contribution in [0.5, 0.6) is 0 Å². The van der Waals surface area contributed by atoms with E-state index in [2.05, 4.69) is 15.9 Å². The Hall–Kier alpha value is -0.940. The average Bonchev–Trinajstić information content (AvgIpc) is 2.08. The fourth-order valence-electron chi connectivity index (χ4n) is 1.08. The van der Waals surface area contributed by atoms with Crippen LogP contribution in [0.1, 0.15) is 5.56 Å². The van der Waals surface area contributed by atoms with Gasteiger partial charge in [0.1, 0.15) is 0 Å². The maximum atomic E-state index is 10.6. The van der Waals surface area contributed by atoms with Crippen LogP contribution in [-0.2, 0) is 6.42 Å². The molecule has 0 amide bonds. The van der Waals surface area contributed by atoms with Crippen LogP contribution in [0.3, 0.4) is 0 Å². The molecule has 0 aliphatic carbocycles. The van der Waals surface area contributed by atoms with Gasteiger partial charge in [-0.3, -0.25) is 10.1 Å². The zero-order chi connectivity index (χ0) is 9.84. The number of halogens is 1. The van der Waals surface area contributed by atoms with E-state index >= 15 is 0 Å². The van der Waals surface area contributed by atoms with E-state index < -0.39 is 4.92 Å². The molecule has 0 aromatic heterocycles. The van der Waals surface area contributed by atoms with Crippen molar-refractivity contribution in [2.75, 3.05) is 6.61 Å². The first-order valence-corrected chi connectivity index (χ1v) is 4.48. The number of aliphatic hydroxyl groups is 1. The van der Waals surface area contributed by atoms with Crippen LogP contribution < -0.4 is 0 Å². The van der Waals surface area contributed by atoms with Gasteiger partial charge in [-0.15, -0.1) is 0 Å². The number of rotatable bonds is 3. The van der Waals surface area contributed by atoms with E-state index in [1.54, 1.807) is 12.1 Å². The standard InChI is InChI=1S/C8H8BrNO3/c9-7-2-1-3-8(10(12)13)6(7)4-5-11/h1-3,11H,4-5H2. The number of benzene rings is 1. The van der Waals surface area contributed by atoms with Gasteiger partial charge in [-0.2, -0.15) is 0 Å². The van der Waals surface area contributed by atoms with Crippen LogP contribution in [0, 0.1) is 10.1 Å². The molecular weight excluding hydrogens is 238 g/mol. The Balaban J connectivity index is 3.17. The molecule has 70 valence electrons. The fourth-order valence-corrected chi connectivity index (χ4v) is 1.63. The first-order valence-electron chi connectivity index (χ1n) is 3.69. The zero-order valence-electron chi connectivity index (χ0n) is 6.74. The number of nitro groups is 1. The summed E-state index contributed by atoms with van der Waals surface area (Å²) >= 11 is 3.20. The molecular formula is C8H8BrNO3. The van der Waals surface area contributed by atoms with Gasteiger partial charge in [0.25, 0.3) is 5.69 Å². The largest absolute Gasteiger partial charge is 0.396 e. The molecule has 0 aliphatic rings. The predicted molar refractivity (Wildman–Crippen MR) is 51.6 cm³/mol. The Morgan fingerprint density at radius 1 is 1.54 bits per heavy atom. The van der Waals surface area contributed by atoms with Gasteiger partial charge < -0.3 is 5.11 Å². The number of hydrogen-bond donors (Lipinski definition) is 1. The molecule has 1 rings (SSSR count). The summed E-state index contributed by atoms with van der Waals surface area (Å²) in [5.74, 6) is 0. The summed E-state index contributed by atoms with van der Waals surface area (Å²) in [6.45, 7) is -0.0938. The second kappa shape index (κ2) is 4.34. The number of nitro benzene ring substituents is 1. The van der Waals surface area contributed by atoms with Crippen LogP contribution in [0.4, 0.5) is 5.69 Å². The molecule has 13 heavy (non-hydrogen) atoms. The molecule has 0 atom stereocenters. The molecule has 1 N–H and O–H groups in total. The lowest BCUT2D eigenvalue weighted by Crippen LogP contribution is -1.98. The summed E-state index contributed by atoms with van der Waals surface area (Å²) in [6.07, 6.45) is 0.289. The van der Waals surface area contributed by atoms with Gasteiger partial charge in [0.15, 0.2) is 0 Å². The summed E-state index contributed by atoms with van der Waals surface area (Å²) in [5, 5.41) is 19.3. The Kier molecular flexibility index (Phi) is 3.39. The van der Waals surface area contributed by atoms with E-state index in [1.165, 1.54) is 6.07 Å². The highest BCUT2D eigenvalue weighted by atomic mass is 79.9. The molecule has 0 saturated heterocycles. The van der Waals surface area contributed by atoms with Gasteiger partial charge in [0, 0.05) is 29.1 Å². The summed E-state index contributed by atoms with van der Waals surface area (Å²) in [7, 11) is 0. The van der Waals surface area contributed by atoms with Gasteiger partial charge >= 0.3 is 0 Å². The van der Waals surface area contributed by atoms with Crippen molar-refractivity contribution < 1.29 is 10.0 Å². The molecule has 0 fully saturated rings. The first kappa shape index (κ1) is 10.1. The van der Waals surface area contributed by atoms with Gasteiger partial charge in [0.05, 0.1) is 4.92 Å². The third kappa shape index (κ3) is 2.26. The van der Waals surface area contributed by atoms with E-state index in [0.717, 1.165) is 0 Å². The quantitative estimate of drug-likeness (QED) is 0.654. The molecule has 0 heterocycles. The van der Waals surface area contributed by atoms with Crippen molar-refractivity contribution in [1.82, 2.24) is 0 Å². The smallest absolute Gasteiger partial charge is 0.273 e. The summed E-state index contributed by atoms with van der Waals surface area (Å²) in [4.78, 5) is 10.1. The van der Waals surface area contributed by atoms with Crippen LogP contribution in [0.25, 0.3) is 0 Å².